The highest BCUT2D eigenvalue weighted by atomic mass is 16.6. The minimum atomic E-state index is -0.255. The Balaban J connectivity index is 0. The molecule has 0 unspecified atom stereocenters. The molecule has 92 valence electrons. The number of carbonyl (C=O) groups is 2. The van der Waals surface area contributed by atoms with Crippen molar-refractivity contribution in [1.82, 2.24) is 0 Å². The van der Waals surface area contributed by atoms with E-state index in [1.807, 2.05) is 6.92 Å². The van der Waals surface area contributed by atoms with Crippen LogP contribution in [0, 0.1) is 0 Å². The predicted octanol–water partition coefficient (Wildman–Crippen LogP) is 0.852. The van der Waals surface area contributed by atoms with Crippen LogP contribution in [-0.2, 0) is 19.1 Å². The van der Waals surface area contributed by atoms with Gasteiger partial charge in [-0.2, -0.15) is 4.79 Å². The van der Waals surface area contributed by atoms with Crippen LogP contribution in [0.25, 0.3) is 5.53 Å². The Kier molecular flexibility index (Phi) is 14.2. The van der Waals surface area contributed by atoms with Crippen LogP contribution in [0.3, 0.4) is 0 Å². The maximum atomic E-state index is 10.1. The molecule has 0 N–H and O–H groups in total. The van der Waals surface area contributed by atoms with Gasteiger partial charge in [-0.3, -0.25) is 9.59 Å². The standard InChI is InChI=1S/C6H12O3.C4H6N2O/c1-3-8-4-5-9-6(2)7;1-2-4(7)3-6-5/h3-5H2,1-2H3;3H,2H2,1H3. The van der Waals surface area contributed by atoms with E-state index in [0.717, 1.165) is 6.21 Å². The second-order valence-corrected chi connectivity index (χ2v) is 2.60. The summed E-state index contributed by atoms with van der Waals surface area (Å²) in [6.07, 6.45) is 1.28. The molecule has 0 bridgehead atoms. The SMILES string of the molecule is CCC(=O)C=[N+]=[N-].CCOCCOC(C)=O. The molecule has 0 aromatic rings. The molecule has 0 spiro atoms. The van der Waals surface area contributed by atoms with Gasteiger partial charge in [0.1, 0.15) is 6.61 Å². The van der Waals surface area contributed by atoms with Crippen LogP contribution in [0.2, 0.25) is 0 Å². The zero-order valence-electron chi connectivity index (χ0n) is 9.93. The summed E-state index contributed by atoms with van der Waals surface area (Å²) in [7, 11) is 0. The molecule has 0 radical (unpaired) electrons. The lowest BCUT2D eigenvalue weighted by atomic mass is 10.3. The van der Waals surface area contributed by atoms with Crippen molar-refractivity contribution in [3.8, 4) is 0 Å². The maximum absolute atomic E-state index is 10.1. The van der Waals surface area contributed by atoms with Gasteiger partial charge >= 0.3 is 12.2 Å². The highest BCUT2D eigenvalue weighted by Gasteiger charge is 1.93. The van der Waals surface area contributed by atoms with E-state index >= 15 is 0 Å². The van der Waals surface area contributed by atoms with Gasteiger partial charge in [0.2, 0.25) is 5.78 Å². The maximum Gasteiger partial charge on any atom is 0.323 e. The molecule has 0 aliphatic heterocycles. The number of hydrogen-bond acceptors (Lipinski definition) is 4. The first-order valence-corrected chi connectivity index (χ1v) is 4.99. The Bertz CT molecular complexity index is 247. The van der Waals surface area contributed by atoms with E-state index in [0.29, 0.717) is 26.2 Å². The number of rotatable bonds is 6. The van der Waals surface area contributed by atoms with Crippen molar-refractivity contribution in [3.05, 3.63) is 5.53 Å². The van der Waals surface area contributed by atoms with Crippen molar-refractivity contribution >= 4 is 18.0 Å². The fourth-order valence-corrected chi connectivity index (χ4v) is 0.544. The number of ketones is 1. The van der Waals surface area contributed by atoms with E-state index in [1.54, 1.807) is 6.92 Å². The molecule has 0 aromatic heterocycles. The molecule has 0 amide bonds. The summed E-state index contributed by atoms with van der Waals surface area (Å²) in [5, 5.41) is 0. The van der Waals surface area contributed by atoms with Crippen LogP contribution in [-0.4, -0.2) is 42.6 Å². The minimum absolute atomic E-state index is 0.164. The Morgan fingerprint density at radius 3 is 2.25 bits per heavy atom. The van der Waals surface area contributed by atoms with E-state index in [2.05, 4.69) is 9.53 Å². The number of ether oxygens (including phenoxy) is 2. The topological polar surface area (TPSA) is 89.0 Å². The van der Waals surface area contributed by atoms with Gasteiger partial charge in [0.25, 0.3) is 0 Å². The van der Waals surface area contributed by atoms with Crippen molar-refractivity contribution in [2.75, 3.05) is 19.8 Å². The Morgan fingerprint density at radius 1 is 1.31 bits per heavy atom. The molecular weight excluding hydrogens is 212 g/mol. The fraction of sp³-hybridized carbons (Fsp3) is 0.700. The first kappa shape index (κ1) is 16.9. The van der Waals surface area contributed by atoms with Crippen LogP contribution < -0.4 is 0 Å². The third kappa shape index (κ3) is 18.3. The summed E-state index contributed by atoms with van der Waals surface area (Å²) in [6.45, 7) is 6.50. The summed E-state index contributed by atoms with van der Waals surface area (Å²) in [4.78, 5) is 22.8. The van der Waals surface area contributed by atoms with E-state index in [1.165, 1.54) is 6.92 Å². The summed E-state index contributed by atoms with van der Waals surface area (Å²) in [5.74, 6) is -0.419. The van der Waals surface area contributed by atoms with Gasteiger partial charge in [-0.25, -0.2) is 0 Å². The molecule has 0 aliphatic rings. The van der Waals surface area contributed by atoms with Gasteiger partial charge in [0.15, 0.2) is 0 Å². The first-order chi connectivity index (χ1) is 7.58. The van der Waals surface area contributed by atoms with Crippen molar-refractivity contribution in [1.29, 1.82) is 0 Å². The monoisotopic (exact) mass is 230 g/mol. The zero-order valence-corrected chi connectivity index (χ0v) is 9.93. The van der Waals surface area contributed by atoms with Crippen molar-refractivity contribution < 1.29 is 23.9 Å². The molecule has 6 heteroatoms. The molecule has 0 saturated heterocycles. The number of carbonyl (C=O) groups excluding carboxylic acids is 2. The zero-order chi connectivity index (χ0) is 12.8. The minimum Gasteiger partial charge on any atom is -0.463 e. The quantitative estimate of drug-likeness (QED) is 0.222. The van der Waals surface area contributed by atoms with Gasteiger partial charge in [0, 0.05) is 20.0 Å². The molecular formula is C10H18N2O4. The highest BCUT2D eigenvalue weighted by molar-refractivity contribution is 6.24. The third-order valence-corrected chi connectivity index (χ3v) is 1.29. The lowest BCUT2D eigenvalue weighted by Gasteiger charge is -1.99. The molecule has 0 atom stereocenters. The molecule has 0 saturated carbocycles. The fourth-order valence-electron chi connectivity index (χ4n) is 0.544. The van der Waals surface area contributed by atoms with Gasteiger partial charge in [-0.05, 0) is 6.92 Å². The van der Waals surface area contributed by atoms with Crippen LogP contribution in [0.4, 0.5) is 0 Å². The molecule has 0 aromatic carbocycles. The van der Waals surface area contributed by atoms with Gasteiger partial charge in [-0.1, -0.05) is 6.92 Å². The second-order valence-electron chi connectivity index (χ2n) is 2.60. The lowest BCUT2D eigenvalue weighted by molar-refractivity contribution is -0.142. The summed E-state index contributed by atoms with van der Waals surface area (Å²) < 4.78 is 9.49. The van der Waals surface area contributed by atoms with Crippen LogP contribution in [0.15, 0.2) is 0 Å². The normalized spacial score (nSPS) is 8.19. The summed E-state index contributed by atoms with van der Waals surface area (Å²) in [5.41, 5.74) is 7.72. The second kappa shape index (κ2) is 13.5. The van der Waals surface area contributed by atoms with Gasteiger partial charge < -0.3 is 15.0 Å². The largest absolute Gasteiger partial charge is 0.463 e. The molecule has 16 heavy (non-hydrogen) atoms. The Hall–Kier alpha value is -1.52. The summed E-state index contributed by atoms with van der Waals surface area (Å²) >= 11 is 0. The van der Waals surface area contributed by atoms with Crippen molar-refractivity contribution in [2.24, 2.45) is 0 Å². The van der Waals surface area contributed by atoms with Crippen molar-refractivity contribution in [3.63, 3.8) is 0 Å². The average Bonchev–Trinajstić information content (AvgIpc) is 2.25. The molecule has 0 rings (SSSR count). The van der Waals surface area contributed by atoms with Crippen LogP contribution in [0.1, 0.15) is 27.2 Å². The summed E-state index contributed by atoms with van der Waals surface area (Å²) in [6, 6.07) is 0. The third-order valence-electron chi connectivity index (χ3n) is 1.29. The number of nitrogens with zero attached hydrogens (tertiary/aromatic N) is 2. The molecule has 0 heterocycles. The van der Waals surface area contributed by atoms with E-state index < -0.39 is 0 Å². The lowest BCUT2D eigenvalue weighted by Crippen LogP contribution is -2.06. The highest BCUT2D eigenvalue weighted by Crippen LogP contribution is 1.77. The van der Waals surface area contributed by atoms with E-state index in [4.69, 9.17) is 10.3 Å². The average molecular weight is 230 g/mol. The van der Waals surface area contributed by atoms with Gasteiger partial charge in [-0.15, -0.1) is 0 Å². The number of Topliss-reactive ketones (excluding diaryl/α,β-unsaturated/α-hetero) is 1. The van der Waals surface area contributed by atoms with Crippen molar-refractivity contribution in [2.45, 2.75) is 27.2 Å². The van der Waals surface area contributed by atoms with Crippen LogP contribution >= 0.6 is 0 Å². The van der Waals surface area contributed by atoms with E-state index in [9.17, 15) is 9.59 Å². The molecule has 0 fully saturated rings. The number of esters is 1. The molecule has 6 nitrogen and oxygen atoms in total. The smallest absolute Gasteiger partial charge is 0.323 e. The Morgan fingerprint density at radius 2 is 1.94 bits per heavy atom. The predicted molar refractivity (Wildman–Crippen MR) is 58.1 cm³/mol. The number of hydrogen-bond donors (Lipinski definition) is 0. The van der Waals surface area contributed by atoms with Gasteiger partial charge in [0.05, 0.1) is 6.61 Å². The molecule has 0 aliphatic carbocycles. The van der Waals surface area contributed by atoms with Crippen LogP contribution in [0.5, 0.6) is 0 Å². The van der Waals surface area contributed by atoms with E-state index in [-0.39, 0.29) is 11.8 Å². The first-order valence-electron chi connectivity index (χ1n) is 4.99. The Labute approximate surface area is 95.2 Å².